The van der Waals surface area contributed by atoms with Crippen molar-refractivity contribution >= 4 is 22.7 Å². The Labute approximate surface area is 234 Å². The van der Waals surface area contributed by atoms with Crippen molar-refractivity contribution in [3.05, 3.63) is 77.0 Å². The Hall–Kier alpha value is -4.37. The highest BCUT2D eigenvalue weighted by Crippen LogP contribution is 2.35. The van der Waals surface area contributed by atoms with Crippen LogP contribution in [0.5, 0.6) is 11.5 Å². The van der Waals surface area contributed by atoms with Gasteiger partial charge in [0.1, 0.15) is 29.6 Å². The van der Waals surface area contributed by atoms with Crippen molar-refractivity contribution < 1.29 is 23.7 Å². The molecule has 0 aliphatic rings. The van der Waals surface area contributed by atoms with Crippen LogP contribution in [-0.4, -0.2) is 42.4 Å². The van der Waals surface area contributed by atoms with Crippen molar-refractivity contribution in [3.63, 3.8) is 0 Å². The predicted molar refractivity (Wildman–Crippen MR) is 155 cm³/mol. The largest absolute Gasteiger partial charge is 0.496 e. The lowest BCUT2D eigenvalue weighted by Gasteiger charge is -2.13. The second-order valence-corrected chi connectivity index (χ2v) is 9.69. The minimum atomic E-state index is -0.317. The number of methoxy groups -OCH3 is 2. The number of hydrogen-bond acceptors (Lipinski definition) is 7. The van der Waals surface area contributed by atoms with Crippen molar-refractivity contribution in [1.29, 1.82) is 5.41 Å². The quantitative estimate of drug-likeness (QED) is 0.139. The lowest BCUT2D eigenvalue weighted by Crippen LogP contribution is -2.11. The number of fused-ring (bicyclic) bond motifs is 1. The average molecular weight is 545 g/mol. The van der Waals surface area contributed by atoms with Gasteiger partial charge in [-0.1, -0.05) is 12.1 Å². The van der Waals surface area contributed by atoms with E-state index in [0.29, 0.717) is 30.3 Å². The molecule has 0 spiro atoms. The van der Waals surface area contributed by atoms with Crippen LogP contribution in [0.3, 0.4) is 0 Å². The minimum absolute atomic E-state index is 0.0122. The van der Waals surface area contributed by atoms with Crippen molar-refractivity contribution in [2.45, 2.75) is 46.4 Å². The van der Waals surface area contributed by atoms with Gasteiger partial charge in [-0.05, 0) is 74.4 Å². The first-order valence-corrected chi connectivity index (χ1v) is 13.2. The monoisotopic (exact) mass is 544 g/mol. The molecule has 3 aromatic carbocycles. The maximum absolute atomic E-state index is 12.3. The van der Waals surface area contributed by atoms with Crippen LogP contribution in [0.1, 0.15) is 49.2 Å². The van der Waals surface area contributed by atoms with Gasteiger partial charge in [-0.2, -0.15) is 5.10 Å². The van der Waals surface area contributed by atoms with E-state index in [0.717, 1.165) is 38.9 Å². The zero-order valence-corrected chi connectivity index (χ0v) is 23.6. The van der Waals surface area contributed by atoms with Crippen LogP contribution in [0.2, 0.25) is 0 Å². The Morgan fingerprint density at radius 1 is 1.02 bits per heavy atom. The van der Waals surface area contributed by atoms with Crippen molar-refractivity contribution in [1.82, 2.24) is 9.78 Å². The Morgan fingerprint density at radius 2 is 1.80 bits per heavy atom. The fourth-order valence-electron chi connectivity index (χ4n) is 4.66. The number of carbonyl (C=O) groups is 1. The Kier molecular flexibility index (Phi) is 9.06. The average Bonchev–Trinajstić information content (AvgIpc) is 3.30. The molecule has 0 atom stereocenters. The molecule has 9 nitrogen and oxygen atoms in total. The maximum atomic E-state index is 12.3. The second kappa shape index (κ2) is 12.7. The molecule has 210 valence electrons. The third-order valence-corrected chi connectivity index (χ3v) is 6.53. The number of nitrogen functional groups attached to an aromatic ring is 1. The Morgan fingerprint density at radius 3 is 2.48 bits per heavy atom. The zero-order chi connectivity index (χ0) is 28.8. The van der Waals surface area contributed by atoms with Gasteiger partial charge in [0.25, 0.3) is 0 Å². The van der Waals surface area contributed by atoms with Crippen LogP contribution in [0.4, 0.5) is 0 Å². The van der Waals surface area contributed by atoms with Gasteiger partial charge in [-0.15, -0.1) is 0 Å². The first-order chi connectivity index (χ1) is 19.2. The van der Waals surface area contributed by atoms with Crippen LogP contribution in [0, 0.1) is 5.41 Å². The molecular weight excluding hydrogens is 508 g/mol. The Balaban J connectivity index is 1.73. The SMILES string of the molecule is CCOC(=O)Cc1cc(COC)ccc1OCc1nn(C(C)C)c2ccc(-c3cc(C(=N)N)ccc3OC)cc12. The fourth-order valence-corrected chi connectivity index (χ4v) is 4.66. The summed E-state index contributed by atoms with van der Waals surface area (Å²) >= 11 is 0. The number of esters is 1. The number of carbonyl (C=O) groups excluding carboxylic acids is 1. The van der Waals surface area contributed by atoms with Gasteiger partial charge in [0, 0.05) is 35.2 Å². The molecule has 0 saturated carbocycles. The summed E-state index contributed by atoms with van der Waals surface area (Å²) in [7, 11) is 3.25. The molecule has 40 heavy (non-hydrogen) atoms. The van der Waals surface area contributed by atoms with Crippen LogP contribution in [0.25, 0.3) is 22.0 Å². The summed E-state index contributed by atoms with van der Waals surface area (Å²) in [6, 6.07) is 17.4. The molecule has 0 aliphatic carbocycles. The standard InChI is InChI=1S/C31H36N4O5/c1-6-39-30(36)16-23-13-20(17-37-4)7-11-28(23)40-18-26-25-14-21(8-10-27(25)35(34-26)19(2)3)24-15-22(31(32)33)9-12-29(24)38-5/h7-15,19H,6,16-18H2,1-5H3,(H3,32,33). The predicted octanol–water partition coefficient (Wildman–Crippen LogP) is 5.41. The molecule has 9 heteroatoms. The molecule has 4 aromatic rings. The molecule has 0 bridgehead atoms. The van der Waals surface area contributed by atoms with Crippen LogP contribution >= 0.6 is 0 Å². The maximum Gasteiger partial charge on any atom is 0.310 e. The number of nitrogens with one attached hydrogen (secondary N) is 1. The van der Waals surface area contributed by atoms with E-state index in [-0.39, 0.29) is 30.9 Å². The van der Waals surface area contributed by atoms with Gasteiger partial charge in [0.05, 0.1) is 32.3 Å². The van der Waals surface area contributed by atoms with Gasteiger partial charge in [0.2, 0.25) is 0 Å². The second-order valence-electron chi connectivity index (χ2n) is 9.69. The van der Waals surface area contributed by atoms with Crippen LogP contribution in [0.15, 0.2) is 54.6 Å². The molecular formula is C31H36N4O5. The third kappa shape index (κ3) is 6.26. The summed E-state index contributed by atoms with van der Waals surface area (Å²) in [6.45, 7) is 6.88. The molecule has 3 N–H and O–H groups in total. The number of amidine groups is 1. The highest BCUT2D eigenvalue weighted by molar-refractivity contribution is 5.97. The highest BCUT2D eigenvalue weighted by atomic mass is 16.5. The van der Waals surface area contributed by atoms with Crippen molar-refractivity contribution in [2.75, 3.05) is 20.8 Å². The molecule has 1 aromatic heterocycles. The van der Waals surface area contributed by atoms with E-state index in [1.54, 1.807) is 27.2 Å². The van der Waals surface area contributed by atoms with Gasteiger partial charge in [-0.25, -0.2) is 0 Å². The van der Waals surface area contributed by atoms with Gasteiger partial charge in [0.15, 0.2) is 0 Å². The van der Waals surface area contributed by atoms with Crippen molar-refractivity contribution in [3.8, 4) is 22.6 Å². The van der Waals surface area contributed by atoms with E-state index in [4.69, 9.17) is 35.2 Å². The van der Waals surface area contributed by atoms with E-state index in [1.807, 2.05) is 47.1 Å². The lowest BCUT2D eigenvalue weighted by atomic mass is 9.99. The smallest absolute Gasteiger partial charge is 0.310 e. The first kappa shape index (κ1) is 28.6. The summed E-state index contributed by atoms with van der Waals surface area (Å²) in [5.41, 5.74) is 11.5. The number of rotatable bonds is 12. The molecule has 0 aliphatic heterocycles. The third-order valence-electron chi connectivity index (χ3n) is 6.53. The number of nitrogens with two attached hydrogens (primary N) is 1. The first-order valence-electron chi connectivity index (χ1n) is 13.2. The summed E-state index contributed by atoms with van der Waals surface area (Å²) in [5.74, 6) is 0.940. The van der Waals surface area contributed by atoms with Gasteiger partial charge >= 0.3 is 5.97 Å². The van der Waals surface area contributed by atoms with Crippen molar-refractivity contribution in [2.24, 2.45) is 5.73 Å². The molecule has 0 unspecified atom stereocenters. The summed E-state index contributed by atoms with van der Waals surface area (Å²) in [4.78, 5) is 12.3. The molecule has 0 radical (unpaired) electrons. The van der Waals surface area contributed by atoms with Gasteiger partial charge < -0.3 is 24.7 Å². The van der Waals surface area contributed by atoms with E-state index < -0.39 is 0 Å². The number of benzene rings is 3. The molecule has 0 amide bonds. The normalized spacial score (nSPS) is 11.2. The molecule has 4 rings (SSSR count). The van der Waals surface area contributed by atoms with E-state index in [9.17, 15) is 4.79 Å². The molecule has 0 fully saturated rings. The van der Waals surface area contributed by atoms with E-state index in [2.05, 4.69) is 19.9 Å². The van der Waals surface area contributed by atoms with E-state index >= 15 is 0 Å². The number of nitrogens with zero attached hydrogens (tertiary/aromatic N) is 2. The minimum Gasteiger partial charge on any atom is -0.496 e. The zero-order valence-electron chi connectivity index (χ0n) is 23.6. The van der Waals surface area contributed by atoms with Crippen LogP contribution in [-0.2, 0) is 33.9 Å². The topological polar surface area (TPSA) is 122 Å². The van der Waals surface area contributed by atoms with E-state index in [1.165, 1.54) is 0 Å². The Bertz CT molecular complexity index is 1530. The summed E-state index contributed by atoms with van der Waals surface area (Å²) in [5, 5.41) is 13.7. The number of hydrogen-bond donors (Lipinski definition) is 2. The summed E-state index contributed by atoms with van der Waals surface area (Å²) in [6.07, 6.45) is 0.0956. The number of aromatic nitrogens is 2. The van der Waals surface area contributed by atoms with Gasteiger partial charge in [-0.3, -0.25) is 14.9 Å². The number of ether oxygens (including phenoxy) is 4. The lowest BCUT2D eigenvalue weighted by molar-refractivity contribution is -0.142. The molecule has 1 heterocycles. The molecule has 0 saturated heterocycles. The highest BCUT2D eigenvalue weighted by Gasteiger charge is 2.18. The van der Waals surface area contributed by atoms with Crippen LogP contribution < -0.4 is 15.2 Å². The summed E-state index contributed by atoms with van der Waals surface area (Å²) < 4.78 is 24.3. The fraction of sp³-hybridized carbons (Fsp3) is 0.323.